The van der Waals surface area contributed by atoms with Crippen LogP contribution >= 0.6 is 0 Å². The molecule has 0 saturated carbocycles. The molecule has 0 saturated heterocycles. The smallest absolute Gasteiger partial charge is 0.325 e. The maximum Gasteiger partial charge on any atom is 0.406 e. The van der Waals surface area contributed by atoms with E-state index in [9.17, 15) is 27.2 Å². The standard InChI is InChI=1S/C25H15F4N5O2/c26-20-8-7-16(9-15(20)10-30)33-23(35)21-18-3-1-2-4-19(18)24(36)34(13-25(27,28)29)22(21)14-5-6-17(11-31)32-12-14/h1-9,12,21-22H,13H2,(H,33,35)/t21-,22?/m0/s1. The Bertz CT molecular complexity index is 1420. The maximum atomic E-state index is 13.7. The van der Waals surface area contributed by atoms with Crippen molar-refractivity contribution in [2.45, 2.75) is 18.1 Å². The number of aromatic nitrogens is 1. The first-order chi connectivity index (χ1) is 17.1. The van der Waals surface area contributed by atoms with Gasteiger partial charge in [0.1, 0.15) is 30.2 Å². The number of pyridine rings is 1. The van der Waals surface area contributed by atoms with E-state index in [0.717, 1.165) is 18.3 Å². The molecule has 0 fully saturated rings. The molecule has 2 atom stereocenters. The number of nitrogens with one attached hydrogen (secondary N) is 1. The second-order valence-electron chi connectivity index (χ2n) is 7.94. The van der Waals surface area contributed by atoms with Gasteiger partial charge in [0.2, 0.25) is 5.91 Å². The van der Waals surface area contributed by atoms with E-state index in [1.165, 1.54) is 36.4 Å². The van der Waals surface area contributed by atoms with Crippen LogP contribution in [0.15, 0.2) is 60.8 Å². The van der Waals surface area contributed by atoms with E-state index in [-0.39, 0.29) is 33.6 Å². The molecule has 1 aromatic heterocycles. The molecule has 0 aliphatic carbocycles. The van der Waals surface area contributed by atoms with Crippen LogP contribution in [0.1, 0.15) is 44.7 Å². The van der Waals surface area contributed by atoms with Crippen LogP contribution in [0, 0.1) is 28.5 Å². The second kappa shape index (κ2) is 9.47. The van der Waals surface area contributed by atoms with Gasteiger partial charge in [0.05, 0.1) is 17.5 Å². The molecule has 7 nitrogen and oxygen atoms in total. The summed E-state index contributed by atoms with van der Waals surface area (Å²) < 4.78 is 54.5. The Kier molecular flexibility index (Phi) is 6.41. The third kappa shape index (κ3) is 4.72. The predicted octanol–water partition coefficient (Wildman–Crippen LogP) is 4.45. The quantitative estimate of drug-likeness (QED) is 0.540. The molecule has 3 aromatic rings. The number of nitriles is 2. The zero-order chi connectivity index (χ0) is 26.0. The number of carbonyl (C=O) groups is 2. The monoisotopic (exact) mass is 493 g/mol. The lowest BCUT2D eigenvalue weighted by atomic mass is 9.79. The van der Waals surface area contributed by atoms with E-state index in [4.69, 9.17) is 10.5 Å². The third-order valence-corrected chi connectivity index (χ3v) is 5.67. The van der Waals surface area contributed by atoms with E-state index >= 15 is 0 Å². The number of hydrogen-bond donors (Lipinski definition) is 1. The fraction of sp³-hybridized carbons (Fsp3) is 0.160. The van der Waals surface area contributed by atoms with Gasteiger partial charge < -0.3 is 10.2 Å². The molecule has 0 bridgehead atoms. The summed E-state index contributed by atoms with van der Waals surface area (Å²) in [4.78, 5) is 31.2. The van der Waals surface area contributed by atoms with Crippen molar-refractivity contribution in [3.05, 3.63) is 94.6 Å². The predicted molar refractivity (Wildman–Crippen MR) is 118 cm³/mol. The van der Waals surface area contributed by atoms with E-state index in [1.54, 1.807) is 18.2 Å². The summed E-state index contributed by atoms with van der Waals surface area (Å²) in [6.07, 6.45) is -3.63. The van der Waals surface area contributed by atoms with Gasteiger partial charge in [0, 0.05) is 17.4 Å². The third-order valence-electron chi connectivity index (χ3n) is 5.67. The van der Waals surface area contributed by atoms with E-state index in [0.29, 0.717) is 4.90 Å². The molecular formula is C25H15F4N5O2. The minimum absolute atomic E-state index is 0.00000381. The lowest BCUT2D eigenvalue weighted by Gasteiger charge is -2.41. The summed E-state index contributed by atoms with van der Waals surface area (Å²) in [5, 5.41) is 20.6. The number of rotatable bonds is 4. The van der Waals surface area contributed by atoms with Crippen molar-refractivity contribution in [3.63, 3.8) is 0 Å². The van der Waals surface area contributed by atoms with Crippen LogP contribution in [0.25, 0.3) is 0 Å². The molecule has 2 amide bonds. The number of nitrogens with zero attached hydrogens (tertiary/aromatic N) is 4. The van der Waals surface area contributed by atoms with Crippen LogP contribution in [0.2, 0.25) is 0 Å². The first-order valence-corrected chi connectivity index (χ1v) is 10.5. The Morgan fingerprint density at radius 2 is 1.83 bits per heavy atom. The number of anilines is 1. The zero-order valence-corrected chi connectivity index (χ0v) is 18.3. The highest BCUT2D eigenvalue weighted by atomic mass is 19.4. The van der Waals surface area contributed by atoms with E-state index < -0.39 is 42.3 Å². The minimum Gasteiger partial charge on any atom is -0.325 e. The van der Waals surface area contributed by atoms with Crippen LogP contribution in [0.4, 0.5) is 23.2 Å². The van der Waals surface area contributed by atoms with Gasteiger partial charge in [-0.2, -0.15) is 23.7 Å². The lowest BCUT2D eigenvalue weighted by Crippen LogP contribution is -2.49. The number of amides is 2. The maximum absolute atomic E-state index is 13.7. The summed E-state index contributed by atoms with van der Waals surface area (Å²) >= 11 is 0. The average Bonchev–Trinajstić information content (AvgIpc) is 2.86. The molecule has 1 unspecified atom stereocenters. The molecule has 0 spiro atoms. The summed E-state index contributed by atoms with van der Waals surface area (Å²) in [6.45, 7) is -1.64. The van der Waals surface area contributed by atoms with Crippen molar-refractivity contribution in [2.75, 3.05) is 11.9 Å². The number of halogens is 4. The van der Waals surface area contributed by atoms with Gasteiger partial charge in [0.25, 0.3) is 5.91 Å². The molecule has 4 rings (SSSR count). The van der Waals surface area contributed by atoms with Crippen LogP contribution in [0.3, 0.4) is 0 Å². The minimum atomic E-state index is -4.78. The van der Waals surface area contributed by atoms with Gasteiger partial charge in [-0.05, 0) is 41.5 Å². The Hall–Kier alpha value is -4.77. The van der Waals surface area contributed by atoms with Crippen LogP contribution < -0.4 is 5.32 Å². The molecule has 1 aliphatic heterocycles. The molecule has 2 heterocycles. The Balaban J connectivity index is 1.86. The van der Waals surface area contributed by atoms with E-state index in [1.807, 2.05) is 0 Å². The Morgan fingerprint density at radius 1 is 1.08 bits per heavy atom. The zero-order valence-electron chi connectivity index (χ0n) is 18.3. The lowest BCUT2D eigenvalue weighted by molar-refractivity contribution is -0.148. The number of benzene rings is 2. The van der Waals surface area contributed by atoms with Crippen molar-refractivity contribution in [1.82, 2.24) is 9.88 Å². The number of hydrogen-bond acceptors (Lipinski definition) is 5. The number of carbonyl (C=O) groups excluding carboxylic acids is 2. The molecule has 36 heavy (non-hydrogen) atoms. The topological polar surface area (TPSA) is 110 Å². The van der Waals surface area contributed by atoms with Crippen molar-refractivity contribution in [2.24, 2.45) is 0 Å². The molecule has 1 aliphatic rings. The Morgan fingerprint density at radius 3 is 2.47 bits per heavy atom. The summed E-state index contributed by atoms with van der Waals surface area (Å²) in [6, 6.07) is 13.8. The summed E-state index contributed by atoms with van der Waals surface area (Å²) in [5.74, 6) is -3.84. The van der Waals surface area contributed by atoms with Crippen molar-refractivity contribution in [3.8, 4) is 12.1 Å². The molecule has 0 radical (unpaired) electrons. The summed E-state index contributed by atoms with van der Waals surface area (Å²) in [7, 11) is 0. The van der Waals surface area contributed by atoms with Crippen LogP contribution in [0.5, 0.6) is 0 Å². The van der Waals surface area contributed by atoms with Gasteiger partial charge in [-0.1, -0.05) is 24.3 Å². The second-order valence-corrected chi connectivity index (χ2v) is 7.94. The fourth-order valence-electron chi connectivity index (χ4n) is 4.17. The fourth-order valence-corrected chi connectivity index (χ4v) is 4.17. The SMILES string of the molecule is N#Cc1ccc(C2[C@@H](C(=O)Nc3ccc(F)c(C#N)c3)c3ccccc3C(=O)N2CC(F)(F)F)cn1. The number of alkyl halides is 3. The van der Waals surface area contributed by atoms with Crippen molar-refractivity contribution in [1.29, 1.82) is 10.5 Å². The molecule has 11 heteroatoms. The van der Waals surface area contributed by atoms with Crippen molar-refractivity contribution < 1.29 is 27.2 Å². The molecule has 1 N–H and O–H groups in total. The van der Waals surface area contributed by atoms with Crippen LogP contribution in [-0.2, 0) is 4.79 Å². The Labute approximate surface area is 202 Å². The highest BCUT2D eigenvalue weighted by molar-refractivity contribution is 6.04. The normalized spacial score (nSPS) is 17.1. The molecule has 180 valence electrons. The summed E-state index contributed by atoms with van der Waals surface area (Å²) in [5.41, 5.74) is -0.0602. The van der Waals surface area contributed by atoms with Gasteiger partial charge >= 0.3 is 6.18 Å². The highest BCUT2D eigenvalue weighted by Crippen LogP contribution is 2.44. The van der Waals surface area contributed by atoms with Gasteiger partial charge in [0.15, 0.2) is 0 Å². The van der Waals surface area contributed by atoms with Crippen LogP contribution in [-0.4, -0.2) is 34.4 Å². The van der Waals surface area contributed by atoms with Crippen molar-refractivity contribution >= 4 is 17.5 Å². The average molecular weight is 493 g/mol. The van der Waals surface area contributed by atoms with Gasteiger partial charge in [-0.15, -0.1) is 0 Å². The first kappa shape index (κ1) is 24.4. The van der Waals surface area contributed by atoms with Gasteiger partial charge in [-0.3, -0.25) is 9.59 Å². The first-order valence-electron chi connectivity index (χ1n) is 10.5. The largest absolute Gasteiger partial charge is 0.406 e. The highest BCUT2D eigenvalue weighted by Gasteiger charge is 2.47. The molecule has 2 aromatic carbocycles. The van der Waals surface area contributed by atoms with Gasteiger partial charge in [-0.25, -0.2) is 9.37 Å². The van der Waals surface area contributed by atoms with E-state index in [2.05, 4.69) is 10.3 Å². The number of fused-ring (bicyclic) bond motifs is 1. The molecular weight excluding hydrogens is 478 g/mol.